The normalized spacial score (nSPS) is 10.4. The molecule has 0 aliphatic carbocycles. The number of benzene rings is 2. The molecule has 0 unspecified atom stereocenters. The second-order valence-electron chi connectivity index (χ2n) is 5.42. The van der Waals surface area contributed by atoms with Gasteiger partial charge in [-0.05, 0) is 18.1 Å². The van der Waals surface area contributed by atoms with Gasteiger partial charge in [0.15, 0.2) is 12.4 Å². The van der Waals surface area contributed by atoms with Crippen molar-refractivity contribution in [2.45, 2.75) is 13.5 Å². The van der Waals surface area contributed by atoms with E-state index in [1.807, 2.05) is 59.4 Å². The van der Waals surface area contributed by atoms with Crippen LogP contribution in [-0.2, 0) is 6.54 Å². The zero-order valence-electron chi connectivity index (χ0n) is 12.6. The van der Waals surface area contributed by atoms with Crippen LogP contribution < -0.4 is 4.57 Å². The number of hydrogen-bond donors (Lipinski definition) is 0. The Balaban J connectivity index is 1.76. The van der Waals surface area contributed by atoms with E-state index in [9.17, 15) is 4.79 Å². The van der Waals surface area contributed by atoms with Crippen molar-refractivity contribution >= 4 is 5.78 Å². The summed E-state index contributed by atoms with van der Waals surface area (Å²) in [6.07, 6.45) is 3.91. The number of aromatic nitrogens is 1. The second-order valence-corrected chi connectivity index (χ2v) is 5.42. The van der Waals surface area contributed by atoms with Gasteiger partial charge in [0, 0.05) is 17.7 Å². The van der Waals surface area contributed by atoms with Gasteiger partial charge in [-0.2, -0.15) is 4.57 Å². The highest BCUT2D eigenvalue weighted by Gasteiger charge is 2.11. The van der Waals surface area contributed by atoms with Crippen LogP contribution in [0.2, 0.25) is 0 Å². The van der Waals surface area contributed by atoms with Crippen LogP contribution in [0.25, 0.3) is 11.1 Å². The fraction of sp³-hybridized carbons (Fsp3) is 0.100. The summed E-state index contributed by atoms with van der Waals surface area (Å²) < 4.78 is 1.91. The van der Waals surface area contributed by atoms with E-state index in [1.54, 1.807) is 0 Å². The molecule has 2 nitrogen and oxygen atoms in total. The van der Waals surface area contributed by atoms with Crippen LogP contribution in [0, 0.1) is 6.92 Å². The van der Waals surface area contributed by atoms with Crippen molar-refractivity contribution in [3.63, 3.8) is 0 Å². The number of rotatable bonds is 4. The van der Waals surface area contributed by atoms with E-state index >= 15 is 0 Å². The van der Waals surface area contributed by atoms with Gasteiger partial charge in [-0.25, -0.2) is 0 Å². The van der Waals surface area contributed by atoms with Crippen molar-refractivity contribution in [3.8, 4) is 11.1 Å². The number of carbonyl (C=O) groups excluding carboxylic acids is 1. The smallest absolute Gasteiger partial charge is 0.227 e. The lowest BCUT2D eigenvalue weighted by Crippen LogP contribution is -2.37. The van der Waals surface area contributed by atoms with Gasteiger partial charge in [-0.15, -0.1) is 0 Å². The third kappa shape index (κ3) is 3.29. The van der Waals surface area contributed by atoms with Crippen LogP contribution in [0.1, 0.15) is 15.9 Å². The van der Waals surface area contributed by atoms with E-state index in [0.29, 0.717) is 6.54 Å². The number of carbonyl (C=O) groups is 1. The lowest BCUT2D eigenvalue weighted by Gasteiger charge is -2.02. The molecule has 0 saturated carbocycles. The zero-order valence-corrected chi connectivity index (χ0v) is 12.6. The molecule has 3 aromatic rings. The Morgan fingerprint density at radius 3 is 2.27 bits per heavy atom. The summed E-state index contributed by atoms with van der Waals surface area (Å²) >= 11 is 0. The van der Waals surface area contributed by atoms with E-state index in [4.69, 9.17) is 0 Å². The molecule has 1 heterocycles. The van der Waals surface area contributed by atoms with Crippen LogP contribution in [0.15, 0.2) is 79.1 Å². The predicted molar refractivity (Wildman–Crippen MR) is 87.6 cm³/mol. The molecular weight excluding hydrogens is 270 g/mol. The summed E-state index contributed by atoms with van der Waals surface area (Å²) in [4.78, 5) is 12.2. The summed E-state index contributed by atoms with van der Waals surface area (Å²) in [6.45, 7) is 2.45. The molecule has 0 aliphatic rings. The van der Waals surface area contributed by atoms with Crippen LogP contribution in [-0.4, -0.2) is 5.78 Å². The minimum Gasteiger partial charge on any atom is -0.287 e. The molecule has 0 atom stereocenters. The largest absolute Gasteiger partial charge is 0.287 e. The van der Waals surface area contributed by atoms with Gasteiger partial charge in [-0.3, -0.25) is 4.79 Å². The Hall–Kier alpha value is -2.74. The maximum Gasteiger partial charge on any atom is 0.227 e. The fourth-order valence-electron chi connectivity index (χ4n) is 2.46. The zero-order chi connectivity index (χ0) is 15.4. The highest BCUT2D eigenvalue weighted by atomic mass is 16.1. The Kier molecular flexibility index (Phi) is 4.10. The third-order valence-corrected chi connectivity index (χ3v) is 3.66. The van der Waals surface area contributed by atoms with Crippen molar-refractivity contribution < 1.29 is 9.36 Å². The maximum atomic E-state index is 12.2. The lowest BCUT2D eigenvalue weighted by molar-refractivity contribution is -0.683. The van der Waals surface area contributed by atoms with Gasteiger partial charge in [0.25, 0.3) is 0 Å². The summed E-state index contributed by atoms with van der Waals surface area (Å²) in [7, 11) is 0. The molecule has 0 spiro atoms. The molecular formula is C20H18NO+. The van der Waals surface area contributed by atoms with Gasteiger partial charge in [0.2, 0.25) is 12.3 Å². The molecule has 1 aromatic heterocycles. The van der Waals surface area contributed by atoms with Crippen molar-refractivity contribution in [1.29, 1.82) is 0 Å². The summed E-state index contributed by atoms with van der Waals surface area (Å²) in [5.41, 5.74) is 4.35. The average Bonchev–Trinajstić information content (AvgIpc) is 2.56. The van der Waals surface area contributed by atoms with Crippen molar-refractivity contribution in [2.24, 2.45) is 0 Å². The summed E-state index contributed by atoms with van der Waals surface area (Å²) in [5, 5.41) is 0. The van der Waals surface area contributed by atoms with Crippen LogP contribution in [0.5, 0.6) is 0 Å². The van der Waals surface area contributed by atoms with E-state index < -0.39 is 0 Å². The Morgan fingerprint density at radius 1 is 0.864 bits per heavy atom. The molecule has 22 heavy (non-hydrogen) atoms. The third-order valence-electron chi connectivity index (χ3n) is 3.66. The number of pyridine rings is 1. The van der Waals surface area contributed by atoms with Crippen molar-refractivity contribution in [3.05, 3.63) is 90.3 Å². The molecule has 0 fully saturated rings. The molecule has 0 aliphatic heterocycles. The topological polar surface area (TPSA) is 20.9 Å². The second kappa shape index (κ2) is 6.35. The number of Topliss-reactive ketones (excluding diaryl/α,β-unsaturated/α-hetero) is 1. The Labute approximate surface area is 130 Å². The quantitative estimate of drug-likeness (QED) is 0.528. The summed E-state index contributed by atoms with van der Waals surface area (Å²) in [5.74, 6) is 0.119. The summed E-state index contributed by atoms with van der Waals surface area (Å²) in [6, 6.07) is 21.9. The number of aryl methyl sites for hydroxylation is 1. The molecule has 0 amide bonds. The van der Waals surface area contributed by atoms with Crippen molar-refractivity contribution in [2.75, 3.05) is 0 Å². The fourth-order valence-corrected chi connectivity index (χ4v) is 2.46. The lowest BCUT2D eigenvalue weighted by atomic mass is 10.0. The van der Waals surface area contributed by atoms with Gasteiger partial charge < -0.3 is 0 Å². The first-order chi connectivity index (χ1) is 10.7. The van der Waals surface area contributed by atoms with Crippen LogP contribution >= 0.6 is 0 Å². The highest BCUT2D eigenvalue weighted by molar-refractivity contribution is 5.94. The molecule has 3 rings (SSSR count). The molecule has 0 bridgehead atoms. The van der Waals surface area contributed by atoms with Crippen molar-refractivity contribution in [1.82, 2.24) is 0 Å². The molecule has 108 valence electrons. The number of nitrogens with zero attached hydrogens (tertiary/aromatic N) is 1. The number of hydrogen-bond acceptors (Lipinski definition) is 1. The Bertz CT molecular complexity index is 776. The van der Waals surface area contributed by atoms with Gasteiger partial charge >= 0.3 is 0 Å². The maximum absolute atomic E-state index is 12.2. The van der Waals surface area contributed by atoms with Gasteiger partial charge in [0.05, 0.1) is 0 Å². The first-order valence-corrected chi connectivity index (χ1v) is 7.37. The van der Waals surface area contributed by atoms with Crippen LogP contribution in [0.4, 0.5) is 0 Å². The van der Waals surface area contributed by atoms with Gasteiger partial charge in [-0.1, -0.05) is 60.2 Å². The van der Waals surface area contributed by atoms with Crippen LogP contribution in [0.3, 0.4) is 0 Å². The minimum atomic E-state index is 0.119. The first-order valence-electron chi connectivity index (χ1n) is 7.37. The predicted octanol–water partition coefficient (Wildman–Crippen LogP) is 3.83. The SMILES string of the molecule is Cc1cccc(-c2cc[n+](CC(=O)c3ccccc3)cc2)c1. The van der Waals surface area contributed by atoms with E-state index in [1.165, 1.54) is 11.1 Å². The highest BCUT2D eigenvalue weighted by Crippen LogP contribution is 2.18. The first kappa shape index (κ1) is 14.2. The Morgan fingerprint density at radius 2 is 1.59 bits per heavy atom. The van der Waals surface area contributed by atoms with Gasteiger partial charge in [0.1, 0.15) is 0 Å². The molecule has 2 heteroatoms. The van der Waals surface area contributed by atoms with E-state index in [2.05, 4.69) is 31.2 Å². The molecule has 0 radical (unpaired) electrons. The average molecular weight is 288 g/mol. The van der Waals surface area contributed by atoms with E-state index in [-0.39, 0.29) is 5.78 Å². The van der Waals surface area contributed by atoms with E-state index in [0.717, 1.165) is 11.1 Å². The molecule has 0 saturated heterocycles. The standard InChI is InChI=1S/C20H18NO/c1-16-6-5-9-19(14-16)17-10-12-21(13-11-17)15-20(22)18-7-3-2-4-8-18/h2-14H,15H2,1H3/q+1. The molecule has 0 N–H and O–H groups in total. The monoisotopic (exact) mass is 288 g/mol. The minimum absolute atomic E-state index is 0.119. The molecule has 2 aromatic carbocycles. The number of ketones is 1.